The Balaban J connectivity index is 2.84. The second-order valence-corrected chi connectivity index (χ2v) is 2.92. The molecule has 0 aromatic heterocycles. The molecular formula is C8H11NO4. The molecule has 2 atom stereocenters. The summed E-state index contributed by atoms with van der Waals surface area (Å²) >= 11 is 0. The lowest BCUT2D eigenvalue weighted by atomic mass is 10.2. The summed E-state index contributed by atoms with van der Waals surface area (Å²) in [6, 6.07) is -1.28. The van der Waals surface area contributed by atoms with Crippen molar-refractivity contribution in [3.05, 3.63) is 12.7 Å². The Hall–Kier alpha value is -1.52. The third kappa shape index (κ3) is 1.63. The number of likely N-dealkylation sites (tertiary alicyclic amines) is 1. The number of amides is 1. The zero-order valence-corrected chi connectivity index (χ0v) is 7.01. The van der Waals surface area contributed by atoms with Crippen LogP contribution in [0.4, 0.5) is 4.79 Å². The van der Waals surface area contributed by atoms with E-state index in [2.05, 4.69) is 6.58 Å². The van der Waals surface area contributed by atoms with E-state index in [-0.39, 0.29) is 6.04 Å². The lowest BCUT2D eigenvalue weighted by molar-refractivity contribution is -0.141. The molecule has 1 heterocycles. The van der Waals surface area contributed by atoms with Gasteiger partial charge in [-0.05, 0) is 12.8 Å². The summed E-state index contributed by atoms with van der Waals surface area (Å²) in [6.07, 6.45) is 1.16. The first kappa shape index (κ1) is 9.57. The molecule has 5 nitrogen and oxygen atoms in total. The van der Waals surface area contributed by atoms with Crippen LogP contribution in [0.1, 0.15) is 12.8 Å². The maximum atomic E-state index is 10.7. The number of carboxylic acid groups (broad SMARTS) is 2. The van der Waals surface area contributed by atoms with Crippen LogP contribution >= 0.6 is 0 Å². The molecule has 1 fully saturated rings. The van der Waals surface area contributed by atoms with Gasteiger partial charge in [0, 0.05) is 0 Å². The number of hydrogen-bond acceptors (Lipinski definition) is 2. The van der Waals surface area contributed by atoms with E-state index in [1.54, 1.807) is 0 Å². The van der Waals surface area contributed by atoms with Gasteiger partial charge in [-0.1, -0.05) is 6.08 Å². The Kier molecular flexibility index (Phi) is 2.55. The molecule has 0 aromatic carbocycles. The number of rotatable bonds is 2. The van der Waals surface area contributed by atoms with Crippen LogP contribution in [0.5, 0.6) is 0 Å². The minimum Gasteiger partial charge on any atom is -0.480 e. The molecule has 72 valence electrons. The highest BCUT2D eigenvalue weighted by atomic mass is 16.4. The number of nitrogens with zero attached hydrogens (tertiary/aromatic N) is 1. The first-order valence-electron chi connectivity index (χ1n) is 3.94. The fourth-order valence-corrected chi connectivity index (χ4v) is 1.59. The van der Waals surface area contributed by atoms with E-state index < -0.39 is 18.1 Å². The fraction of sp³-hybridized carbons (Fsp3) is 0.500. The third-order valence-electron chi connectivity index (χ3n) is 2.21. The molecular weight excluding hydrogens is 174 g/mol. The van der Waals surface area contributed by atoms with Crippen molar-refractivity contribution in [3.8, 4) is 0 Å². The Morgan fingerprint density at radius 2 is 2.00 bits per heavy atom. The Morgan fingerprint density at radius 3 is 2.38 bits per heavy atom. The fourth-order valence-electron chi connectivity index (χ4n) is 1.59. The van der Waals surface area contributed by atoms with E-state index in [9.17, 15) is 9.59 Å². The van der Waals surface area contributed by atoms with Crippen LogP contribution in [0.25, 0.3) is 0 Å². The van der Waals surface area contributed by atoms with E-state index in [0.717, 1.165) is 4.90 Å². The SMILES string of the molecule is C=C[C@@H]1CC[C@@H](C(=O)O)N1C(=O)O. The van der Waals surface area contributed by atoms with Gasteiger partial charge in [0.1, 0.15) is 6.04 Å². The standard InChI is InChI=1S/C8H11NO4/c1-2-5-3-4-6(7(10)11)9(5)8(12)13/h2,5-6H,1,3-4H2,(H,10,11)(H,12,13)/t5-,6+/m1/s1. The first-order chi connectivity index (χ1) is 6.07. The van der Waals surface area contributed by atoms with E-state index >= 15 is 0 Å². The summed E-state index contributed by atoms with van der Waals surface area (Å²) in [4.78, 5) is 22.3. The lowest BCUT2D eigenvalue weighted by Crippen LogP contribution is -2.43. The molecule has 1 amide bonds. The summed E-state index contributed by atoms with van der Waals surface area (Å²) in [5, 5.41) is 17.5. The van der Waals surface area contributed by atoms with Crippen LogP contribution < -0.4 is 0 Å². The second kappa shape index (κ2) is 3.47. The molecule has 2 N–H and O–H groups in total. The first-order valence-corrected chi connectivity index (χ1v) is 3.94. The molecule has 0 unspecified atom stereocenters. The summed E-state index contributed by atoms with van der Waals surface area (Å²) in [6.45, 7) is 3.47. The van der Waals surface area contributed by atoms with E-state index in [1.165, 1.54) is 6.08 Å². The Labute approximate surface area is 75.3 Å². The average molecular weight is 185 g/mol. The van der Waals surface area contributed by atoms with Crippen LogP contribution in [0.3, 0.4) is 0 Å². The minimum absolute atomic E-state index is 0.359. The van der Waals surface area contributed by atoms with E-state index in [4.69, 9.17) is 10.2 Å². The Morgan fingerprint density at radius 1 is 1.38 bits per heavy atom. The maximum Gasteiger partial charge on any atom is 0.408 e. The van der Waals surface area contributed by atoms with Crippen molar-refractivity contribution < 1.29 is 19.8 Å². The van der Waals surface area contributed by atoms with Crippen LogP contribution in [0.2, 0.25) is 0 Å². The van der Waals surface area contributed by atoms with Gasteiger partial charge in [0.25, 0.3) is 0 Å². The molecule has 1 aliphatic heterocycles. The minimum atomic E-state index is -1.20. The molecule has 0 aromatic rings. The molecule has 1 rings (SSSR count). The van der Waals surface area contributed by atoms with Crippen LogP contribution in [-0.2, 0) is 4.79 Å². The van der Waals surface area contributed by atoms with Crippen molar-refractivity contribution >= 4 is 12.1 Å². The van der Waals surface area contributed by atoms with Crippen LogP contribution in [0.15, 0.2) is 12.7 Å². The van der Waals surface area contributed by atoms with Gasteiger partial charge in [0.2, 0.25) is 0 Å². The average Bonchev–Trinajstić information content (AvgIpc) is 2.46. The Bertz CT molecular complexity index is 251. The van der Waals surface area contributed by atoms with Crippen molar-refractivity contribution in [1.82, 2.24) is 4.90 Å². The molecule has 5 heteroatoms. The summed E-state index contributed by atoms with van der Waals surface area (Å²) < 4.78 is 0. The highest BCUT2D eigenvalue weighted by Gasteiger charge is 2.39. The quantitative estimate of drug-likeness (QED) is 0.623. The molecule has 0 saturated carbocycles. The van der Waals surface area contributed by atoms with Gasteiger partial charge in [0.15, 0.2) is 0 Å². The van der Waals surface area contributed by atoms with Gasteiger partial charge in [0.05, 0.1) is 6.04 Å². The highest BCUT2D eigenvalue weighted by Crippen LogP contribution is 2.24. The molecule has 0 aliphatic carbocycles. The number of carboxylic acids is 1. The van der Waals surface area contributed by atoms with Gasteiger partial charge < -0.3 is 10.2 Å². The summed E-state index contributed by atoms with van der Waals surface area (Å²) in [7, 11) is 0. The van der Waals surface area contributed by atoms with Crippen molar-refractivity contribution in [3.63, 3.8) is 0 Å². The predicted octanol–water partition coefficient (Wildman–Crippen LogP) is 0.768. The summed E-state index contributed by atoms with van der Waals surface area (Å²) in [5.74, 6) is -1.09. The predicted molar refractivity (Wildman–Crippen MR) is 44.5 cm³/mol. The highest BCUT2D eigenvalue weighted by molar-refractivity contribution is 5.80. The van der Waals surface area contributed by atoms with Gasteiger partial charge in [-0.15, -0.1) is 6.58 Å². The lowest BCUT2D eigenvalue weighted by Gasteiger charge is -2.22. The van der Waals surface area contributed by atoms with Crippen LogP contribution in [-0.4, -0.2) is 39.3 Å². The monoisotopic (exact) mass is 185 g/mol. The second-order valence-electron chi connectivity index (χ2n) is 2.92. The van der Waals surface area contributed by atoms with Gasteiger partial charge >= 0.3 is 12.1 Å². The zero-order chi connectivity index (χ0) is 10.0. The van der Waals surface area contributed by atoms with Crippen molar-refractivity contribution in [1.29, 1.82) is 0 Å². The molecule has 1 aliphatic rings. The maximum absolute atomic E-state index is 10.7. The number of hydrogen-bond donors (Lipinski definition) is 2. The number of carbonyl (C=O) groups is 2. The molecule has 0 bridgehead atoms. The van der Waals surface area contributed by atoms with Gasteiger partial charge in [-0.3, -0.25) is 4.90 Å². The normalized spacial score (nSPS) is 27.2. The van der Waals surface area contributed by atoms with Crippen molar-refractivity contribution in [2.75, 3.05) is 0 Å². The van der Waals surface area contributed by atoms with Crippen LogP contribution in [0, 0.1) is 0 Å². The van der Waals surface area contributed by atoms with E-state index in [1.807, 2.05) is 0 Å². The zero-order valence-electron chi connectivity index (χ0n) is 7.01. The van der Waals surface area contributed by atoms with E-state index in [0.29, 0.717) is 12.8 Å². The van der Waals surface area contributed by atoms with Crippen molar-refractivity contribution in [2.24, 2.45) is 0 Å². The molecule has 13 heavy (non-hydrogen) atoms. The largest absolute Gasteiger partial charge is 0.480 e. The topological polar surface area (TPSA) is 77.8 Å². The smallest absolute Gasteiger partial charge is 0.408 e. The molecule has 1 saturated heterocycles. The van der Waals surface area contributed by atoms with Gasteiger partial charge in [-0.25, -0.2) is 9.59 Å². The van der Waals surface area contributed by atoms with Gasteiger partial charge in [-0.2, -0.15) is 0 Å². The summed E-state index contributed by atoms with van der Waals surface area (Å²) in [5.41, 5.74) is 0. The third-order valence-corrected chi connectivity index (χ3v) is 2.21. The van der Waals surface area contributed by atoms with Crippen molar-refractivity contribution in [2.45, 2.75) is 24.9 Å². The number of aliphatic carboxylic acids is 1. The molecule has 0 radical (unpaired) electrons. The molecule has 0 spiro atoms.